The van der Waals surface area contributed by atoms with Crippen molar-refractivity contribution in [2.24, 2.45) is 23.5 Å². The summed E-state index contributed by atoms with van der Waals surface area (Å²) in [6, 6.07) is 7.77. The molecule has 2 amide bonds. The maximum absolute atomic E-state index is 12.1. The fraction of sp³-hybridized carbons (Fsp3) is 0.360. The average molecular weight is 446 g/mol. The molecule has 4 N–H and O–H groups in total. The van der Waals surface area contributed by atoms with Gasteiger partial charge < -0.3 is 11.1 Å². The largest absolute Gasteiger partial charge is 0.369 e. The summed E-state index contributed by atoms with van der Waals surface area (Å²) in [5, 5.41) is 3.56. The van der Waals surface area contributed by atoms with Crippen molar-refractivity contribution in [3.63, 3.8) is 0 Å². The van der Waals surface area contributed by atoms with Gasteiger partial charge in [-0.2, -0.15) is 0 Å². The lowest BCUT2D eigenvalue weighted by molar-refractivity contribution is -0.130. The van der Waals surface area contributed by atoms with Crippen molar-refractivity contribution in [3.8, 4) is 0 Å². The monoisotopic (exact) mass is 445 g/mol. The molecule has 1 aromatic carbocycles. The van der Waals surface area contributed by atoms with Crippen LogP contribution >= 0.6 is 0 Å². The predicted molar refractivity (Wildman–Crippen MR) is 124 cm³/mol. The number of primary amides is 1. The van der Waals surface area contributed by atoms with Crippen molar-refractivity contribution in [2.75, 3.05) is 12.4 Å². The van der Waals surface area contributed by atoms with E-state index in [9.17, 15) is 9.59 Å². The van der Waals surface area contributed by atoms with Gasteiger partial charge in [-0.05, 0) is 29.4 Å². The number of aromatic nitrogens is 2. The number of carbonyl (C=O) groups excluding carboxylic acids is 2. The molecule has 4 atom stereocenters. The number of amides is 2. The SMILES string of the molecule is CONC(=O)Cc1cccc(Cc2nc3c(c(NC4C5C=CC(C5)C4C(N)=O)n2)C=CC3)c1. The number of hydrogen-bond donors (Lipinski definition) is 3. The van der Waals surface area contributed by atoms with Crippen LogP contribution in [0, 0.1) is 17.8 Å². The third-order valence-corrected chi connectivity index (χ3v) is 6.69. The first-order valence-corrected chi connectivity index (χ1v) is 11.2. The van der Waals surface area contributed by atoms with Crippen molar-refractivity contribution in [1.29, 1.82) is 0 Å². The smallest absolute Gasteiger partial charge is 0.247 e. The van der Waals surface area contributed by atoms with Crippen molar-refractivity contribution < 1.29 is 14.4 Å². The van der Waals surface area contributed by atoms with Gasteiger partial charge in [0.25, 0.3) is 0 Å². The molecule has 0 aliphatic heterocycles. The summed E-state index contributed by atoms with van der Waals surface area (Å²) in [7, 11) is 1.42. The van der Waals surface area contributed by atoms with Crippen molar-refractivity contribution >= 4 is 23.7 Å². The van der Waals surface area contributed by atoms with E-state index in [1.54, 1.807) is 0 Å². The van der Waals surface area contributed by atoms with Crippen LogP contribution < -0.4 is 16.5 Å². The van der Waals surface area contributed by atoms with E-state index in [0.717, 1.165) is 41.0 Å². The summed E-state index contributed by atoms with van der Waals surface area (Å²) in [5.41, 5.74) is 12.0. The summed E-state index contributed by atoms with van der Waals surface area (Å²) in [6.45, 7) is 0. The first-order chi connectivity index (χ1) is 16.0. The number of anilines is 1. The molecule has 1 fully saturated rings. The van der Waals surface area contributed by atoms with Gasteiger partial charge in [-0.3, -0.25) is 14.4 Å². The van der Waals surface area contributed by atoms with Crippen LogP contribution in [0.15, 0.2) is 42.5 Å². The Morgan fingerprint density at radius 2 is 2.00 bits per heavy atom. The highest BCUT2D eigenvalue weighted by Crippen LogP contribution is 2.45. The van der Waals surface area contributed by atoms with Gasteiger partial charge >= 0.3 is 0 Å². The number of nitrogens with two attached hydrogens (primary N) is 1. The van der Waals surface area contributed by atoms with E-state index in [1.807, 2.05) is 30.3 Å². The molecule has 0 saturated heterocycles. The highest BCUT2D eigenvalue weighted by atomic mass is 16.6. The molecule has 170 valence electrons. The molecule has 4 unspecified atom stereocenters. The molecule has 8 nitrogen and oxygen atoms in total. The fourth-order valence-electron chi connectivity index (χ4n) is 5.31. The van der Waals surface area contributed by atoms with Crippen LogP contribution in [0.5, 0.6) is 0 Å². The predicted octanol–water partition coefficient (Wildman–Crippen LogP) is 1.94. The van der Waals surface area contributed by atoms with Crippen molar-refractivity contribution in [3.05, 3.63) is 70.7 Å². The van der Waals surface area contributed by atoms with E-state index >= 15 is 0 Å². The van der Waals surface area contributed by atoms with Crippen molar-refractivity contribution in [2.45, 2.75) is 31.7 Å². The third-order valence-electron chi connectivity index (χ3n) is 6.69. The zero-order valence-electron chi connectivity index (χ0n) is 18.5. The van der Waals surface area contributed by atoms with Gasteiger partial charge in [-0.15, -0.1) is 0 Å². The van der Waals surface area contributed by atoms with E-state index in [4.69, 9.17) is 15.7 Å². The van der Waals surface area contributed by atoms with Gasteiger partial charge in [0.05, 0.1) is 25.1 Å². The molecule has 2 bridgehead atoms. The number of hydroxylamine groups is 1. The first-order valence-electron chi connectivity index (χ1n) is 11.2. The first kappa shape index (κ1) is 21.3. The van der Waals surface area contributed by atoms with Crippen LogP contribution in [0.2, 0.25) is 0 Å². The molecule has 8 heteroatoms. The Labute approximate surface area is 192 Å². The molecule has 1 saturated carbocycles. The molecule has 2 aromatic rings. The lowest BCUT2D eigenvalue weighted by Crippen LogP contribution is -2.41. The topological polar surface area (TPSA) is 119 Å². The van der Waals surface area contributed by atoms with Gasteiger partial charge in [0.15, 0.2) is 0 Å². The van der Waals surface area contributed by atoms with E-state index < -0.39 is 0 Å². The summed E-state index contributed by atoms with van der Waals surface area (Å²) in [4.78, 5) is 38.3. The maximum Gasteiger partial charge on any atom is 0.247 e. The average Bonchev–Trinajstić information content (AvgIpc) is 3.50. The highest BCUT2D eigenvalue weighted by molar-refractivity contribution is 5.80. The molecule has 3 aliphatic rings. The van der Waals surface area contributed by atoms with Crippen LogP contribution in [0.25, 0.3) is 6.08 Å². The Balaban J connectivity index is 1.39. The Morgan fingerprint density at radius 3 is 2.82 bits per heavy atom. The van der Waals surface area contributed by atoms with E-state index in [1.165, 1.54) is 7.11 Å². The quantitative estimate of drug-likeness (QED) is 0.422. The minimum atomic E-state index is -0.264. The summed E-state index contributed by atoms with van der Waals surface area (Å²) in [5.74, 6) is 1.25. The molecule has 5 rings (SSSR count). The lowest BCUT2D eigenvalue weighted by atomic mass is 9.88. The van der Waals surface area contributed by atoms with E-state index in [-0.39, 0.29) is 42.0 Å². The summed E-state index contributed by atoms with van der Waals surface area (Å²) >= 11 is 0. The zero-order chi connectivity index (χ0) is 22.9. The Hall–Kier alpha value is -3.52. The van der Waals surface area contributed by atoms with Gasteiger partial charge in [-0.1, -0.05) is 48.6 Å². The second-order valence-electron chi connectivity index (χ2n) is 8.90. The third kappa shape index (κ3) is 4.26. The van der Waals surface area contributed by atoms with Crippen LogP contribution in [0.4, 0.5) is 5.82 Å². The molecule has 3 aliphatic carbocycles. The van der Waals surface area contributed by atoms with Crippen LogP contribution in [0.3, 0.4) is 0 Å². The molecule has 0 spiro atoms. The van der Waals surface area contributed by atoms with Crippen molar-refractivity contribution in [1.82, 2.24) is 15.4 Å². The Morgan fingerprint density at radius 1 is 1.18 bits per heavy atom. The number of fused-ring (bicyclic) bond motifs is 3. The van der Waals surface area contributed by atoms with Crippen LogP contribution in [0.1, 0.15) is 34.6 Å². The number of benzene rings is 1. The number of hydrogen-bond acceptors (Lipinski definition) is 6. The highest BCUT2D eigenvalue weighted by Gasteiger charge is 2.47. The van der Waals surface area contributed by atoms with Gasteiger partial charge in [-0.25, -0.2) is 15.4 Å². The number of allylic oxidation sites excluding steroid dienone is 2. The number of nitrogens with zero attached hydrogens (tertiary/aromatic N) is 2. The second-order valence-corrected chi connectivity index (χ2v) is 8.90. The van der Waals surface area contributed by atoms with E-state index in [2.05, 4.69) is 33.9 Å². The van der Waals surface area contributed by atoms with Gasteiger partial charge in [0.1, 0.15) is 11.6 Å². The molecule has 33 heavy (non-hydrogen) atoms. The van der Waals surface area contributed by atoms with Crippen LogP contribution in [-0.4, -0.2) is 34.9 Å². The minimum Gasteiger partial charge on any atom is -0.369 e. The normalized spacial score (nSPS) is 24.2. The summed E-state index contributed by atoms with van der Waals surface area (Å²) < 4.78 is 0. The molecule has 1 heterocycles. The minimum absolute atomic E-state index is 0.0547. The number of rotatable bonds is 8. The number of carbonyl (C=O) groups is 2. The Kier molecular flexibility index (Phi) is 5.68. The van der Waals surface area contributed by atoms with Gasteiger partial charge in [0, 0.05) is 24.4 Å². The fourth-order valence-corrected chi connectivity index (χ4v) is 5.31. The van der Waals surface area contributed by atoms with Gasteiger partial charge in [0.2, 0.25) is 11.8 Å². The molecular weight excluding hydrogens is 418 g/mol. The van der Waals surface area contributed by atoms with Crippen LogP contribution in [-0.2, 0) is 33.7 Å². The number of nitrogens with one attached hydrogen (secondary N) is 2. The standard InChI is InChI=1S/C25H27N5O3/c1-33-30-21(31)12-15-5-2-4-14(10-15)11-20-27-19-7-3-6-18(19)25(28-20)29-23-17-9-8-16(13-17)22(23)24(26)32/h2-6,8-10,16-17,22-23H,7,11-13H2,1H3,(H2,26,32)(H,30,31)(H,27,28,29). The van der Waals surface area contributed by atoms with E-state index in [0.29, 0.717) is 12.2 Å². The maximum atomic E-state index is 12.1. The second kappa shape index (κ2) is 8.78. The summed E-state index contributed by atoms with van der Waals surface area (Å²) in [6.07, 6.45) is 10.9. The Bertz CT molecular complexity index is 1160. The molecule has 1 aromatic heterocycles. The lowest BCUT2D eigenvalue weighted by Gasteiger charge is -2.28. The zero-order valence-corrected chi connectivity index (χ0v) is 18.5. The molecular formula is C25H27N5O3. The molecule has 0 radical (unpaired) electrons.